The van der Waals surface area contributed by atoms with Gasteiger partial charge in [0.05, 0.1) is 11.0 Å². The summed E-state index contributed by atoms with van der Waals surface area (Å²) in [5.74, 6) is 0.941. The van der Waals surface area contributed by atoms with Crippen LogP contribution in [0.5, 0.6) is 0 Å². The predicted octanol–water partition coefficient (Wildman–Crippen LogP) is 13.4. The van der Waals surface area contributed by atoms with Crippen molar-refractivity contribution in [3.8, 4) is 39.3 Å². The molecular formula is C49H36N2. The Balaban J connectivity index is 1.21. The van der Waals surface area contributed by atoms with Crippen molar-refractivity contribution in [3.05, 3.63) is 169 Å². The molecule has 2 heteroatoms. The van der Waals surface area contributed by atoms with E-state index in [9.17, 15) is 0 Å². The first-order valence-corrected chi connectivity index (χ1v) is 17.8. The summed E-state index contributed by atoms with van der Waals surface area (Å²) in [5, 5.41) is 10.4. The molecular weight excluding hydrogens is 617 g/mol. The highest BCUT2D eigenvalue weighted by atomic mass is 15.1. The number of fused-ring (bicyclic) bond motifs is 2. The first kappa shape index (κ1) is 29.6. The van der Waals surface area contributed by atoms with Gasteiger partial charge in [-0.05, 0) is 113 Å². The highest BCUT2D eigenvalue weighted by Crippen LogP contribution is 2.45. The van der Waals surface area contributed by atoms with Gasteiger partial charge in [0.15, 0.2) is 0 Å². The molecule has 0 aliphatic heterocycles. The minimum atomic E-state index is 0.0642. The van der Waals surface area contributed by atoms with E-state index in [4.69, 9.17) is 4.98 Å². The van der Waals surface area contributed by atoms with Gasteiger partial charge < -0.3 is 0 Å². The molecule has 0 N–H and O–H groups in total. The van der Waals surface area contributed by atoms with E-state index in [2.05, 4.69) is 189 Å². The van der Waals surface area contributed by atoms with E-state index in [1.807, 2.05) is 0 Å². The first-order valence-electron chi connectivity index (χ1n) is 17.8. The lowest BCUT2D eigenvalue weighted by molar-refractivity contribution is 0.591. The van der Waals surface area contributed by atoms with Crippen molar-refractivity contribution in [1.29, 1.82) is 0 Å². The summed E-state index contributed by atoms with van der Waals surface area (Å²) in [4.78, 5) is 5.13. The average Bonchev–Trinajstić information content (AvgIpc) is 3.56. The quantitative estimate of drug-likeness (QED) is 0.173. The molecule has 10 aromatic rings. The lowest BCUT2D eigenvalue weighted by Crippen LogP contribution is -2.10. The van der Waals surface area contributed by atoms with Crippen LogP contribution >= 0.6 is 0 Å². The summed E-state index contributed by atoms with van der Waals surface area (Å²) in [5.41, 5.74) is 10.6. The Morgan fingerprint density at radius 3 is 1.76 bits per heavy atom. The number of rotatable bonds is 4. The normalized spacial score (nSPS) is 12.2. The van der Waals surface area contributed by atoms with E-state index < -0.39 is 0 Å². The molecule has 0 unspecified atom stereocenters. The van der Waals surface area contributed by atoms with Gasteiger partial charge in [0.1, 0.15) is 5.82 Å². The van der Waals surface area contributed by atoms with Gasteiger partial charge in [0.25, 0.3) is 0 Å². The molecule has 242 valence electrons. The maximum atomic E-state index is 5.13. The van der Waals surface area contributed by atoms with Crippen LogP contribution in [0.15, 0.2) is 164 Å². The third-order valence-electron chi connectivity index (χ3n) is 10.7. The van der Waals surface area contributed by atoms with Gasteiger partial charge >= 0.3 is 0 Å². The molecule has 51 heavy (non-hydrogen) atoms. The molecule has 0 bridgehead atoms. The number of imidazole rings is 1. The van der Waals surface area contributed by atoms with Crippen molar-refractivity contribution >= 4 is 54.1 Å². The van der Waals surface area contributed by atoms with Gasteiger partial charge in [-0.2, -0.15) is 0 Å². The second kappa shape index (κ2) is 11.1. The monoisotopic (exact) mass is 652 g/mol. The van der Waals surface area contributed by atoms with Gasteiger partial charge in [0.2, 0.25) is 0 Å². The summed E-state index contributed by atoms with van der Waals surface area (Å²) in [6, 6.07) is 60.0. The Morgan fingerprint density at radius 2 is 1.04 bits per heavy atom. The van der Waals surface area contributed by atoms with Crippen LogP contribution < -0.4 is 0 Å². The van der Waals surface area contributed by atoms with Crippen LogP contribution in [0.1, 0.15) is 26.3 Å². The van der Waals surface area contributed by atoms with Gasteiger partial charge in [-0.15, -0.1) is 0 Å². The fourth-order valence-electron chi connectivity index (χ4n) is 8.04. The second-order valence-electron chi connectivity index (χ2n) is 14.9. The minimum Gasteiger partial charge on any atom is -0.292 e. The Hall–Kier alpha value is -6.25. The van der Waals surface area contributed by atoms with Crippen LogP contribution in [-0.4, -0.2) is 9.55 Å². The van der Waals surface area contributed by atoms with Gasteiger partial charge in [-0.1, -0.05) is 148 Å². The summed E-state index contributed by atoms with van der Waals surface area (Å²) in [7, 11) is 0. The molecule has 0 amide bonds. The standard InChI is InChI=1S/C49H36N2/c1-49(2,3)38-28-36-23-25-40-42(30-43(41-26-24-37(29-38)46(36)47(40)41)35-22-17-31-11-7-8-12-34(31)27-35)32-18-20-33(21-19-32)48-50-44-15-9-10-16-45(44)51(48)39-13-5-4-6-14-39/h4-30H,1-3H3. The number of para-hydroxylation sites is 3. The molecule has 9 aromatic carbocycles. The van der Waals surface area contributed by atoms with Gasteiger partial charge in [-0.3, -0.25) is 4.57 Å². The van der Waals surface area contributed by atoms with Gasteiger partial charge in [0, 0.05) is 11.3 Å². The third kappa shape index (κ3) is 4.75. The van der Waals surface area contributed by atoms with Crippen LogP contribution in [-0.2, 0) is 5.41 Å². The molecule has 0 aliphatic carbocycles. The molecule has 0 atom stereocenters. The van der Waals surface area contributed by atoms with Crippen LogP contribution in [0.25, 0.3) is 93.5 Å². The summed E-state index contributed by atoms with van der Waals surface area (Å²) >= 11 is 0. The lowest BCUT2D eigenvalue weighted by Gasteiger charge is -2.23. The Labute approximate surface area is 297 Å². The van der Waals surface area contributed by atoms with Crippen LogP contribution in [0.3, 0.4) is 0 Å². The SMILES string of the molecule is CC(C)(C)c1cc2ccc3c(-c4ccc(-c5nc6ccccc6n5-c5ccccc5)cc4)cc(-c4ccc5ccccc5c4)c4ccc(c1)c2c34. The largest absolute Gasteiger partial charge is 0.292 e. The van der Waals surface area contributed by atoms with Crippen molar-refractivity contribution in [2.24, 2.45) is 0 Å². The van der Waals surface area contributed by atoms with E-state index in [-0.39, 0.29) is 5.41 Å². The molecule has 0 aliphatic rings. The Morgan fingerprint density at radius 1 is 0.451 bits per heavy atom. The highest BCUT2D eigenvalue weighted by Gasteiger charge is 2.21. The summed E-state index contributed by atoms with van der Waals surface area (Å²) in [6.45, 7) is 6.90. The fourth-order valence-corrected chi connectivity index (χ4v) is 8.04. The molecule has 1 aromatic heterocycles. The number of nitrogens with zero attached hydrogens (tertiary/aromatic N) is 2. The van der Waals surface area contributed by atoms with Crippen molar-refractivity contribution in [2.45, 2.75) is 26.2 Å². The van der Waals surface area contributed by atoms with E-state index in [0.717, 1.165) is 28.1 Å². The molecule has 0 saturated heterocycles. The molecule has 0 radical (unpaired) electrons. The average molecular weight is 653 g/mol. The van der Waals surface area contributed by atoms with Crippen molar-refractivity contribution in [3.63, 3.8) is 0 Å². The van der Waals surface area contributed by atoms with Crippen LogP contribution in [0.4, 0.5) is 0 Å². The number of benzene rings is 9. The zero-order chi connectivity index (χ0) is 34.3. The second-order valence-corrected chi connectivity index (χ2v) is 14.9. The lowest BCUT2D eigenvalue weighted by atomic mass is 9.81. The van der Waals surface area contributed by atoms with E-state index in [1.54, 1.807) is 0 Å². The van der Waals surface area contributed by atoms with Crippen molar-refractivity contribution in [2.75, 3.05) is 0 Å². The Kier molecular flexibility index (Phi) is 6.47. The molecule has 1 heterocycles. The smallest absolute Gasteiger partial charge is 0.145 e. The van der Waals surface area contributed by atoms with Gasteiger partial charge in [-0.25, -0.2) is 4.98 Å². The van der Waals surface area contributed by atoms with E-state index >= 15 is 0 Å². The first-order chi connectivity index (χ1) is 24.9. The third-order valence-corrected chi connectivity index (χ3v) is 10.7. The zero-order valence-corrected chi connectivity index (χ0v) is 29.0. The molecule has 2 nitrogen and oxygen atoms in total. The fraction of sp³-hybridized carbons (Fsp3) is 0.0816. The van der Waals surface area contributed by atoms with E-state index in [0.29, 0.717) is 0 Å². The summed E-state index contributed by atoms with van der Waals surface area (Å²) < 4.78 is 2.27. The zero-order valence-electron chi connectivity index (χ0n) is 29.0. The summed E-state index contributed by atoms with van der Waals surface area (Å²) in [6.07, 6.45) is 0. The number of hydrogen-bond donors (Lipinski definition) is 0. The molecule has 0 spiro atoms. The maximum absolute atomic E-state index is 5.13. The number of hydrogen-bond acceptors (Lipinski definition) is 1. The van der Waals surface area contributed by atoms with E-state index in [1.165, 1.54) is 70.9 Å². The number of aromatic nitrogens is 2. The minimum absolute atomic E-state index is 0.0642. The predicted molar refractivity (Wildman–Crippen MR) is 217 cm³/mol. The molecule has 0 fully saturated rings. The maximum Gasteiger partial charge on any atom is 0.145 e. The van der Waals surface area contributed by atoms with Crippen LogP contribution in [0, 0.1) is 0 Å². The van der Waals surface area contributed by atoms with Crippen molar-refractivity contribution in [1.82, 2.24) is 9.55 Å². The van der Waals surface area contributed by atoms with Crippen LogP contribution in [0.2, 0.25) is 0 Å². The van der Waals surface area contributed by atoms with Crippen molar-refractivity contribution < 1.29 is 0 Å². The molecule has 0 saturated carbocycles. The highest BCUT2D eigenvalue weighted by molar-refractivity contribution is 6.28. The Bertz CT molecular complexity index is 2900. The topological polar surface area (TPSA) is 17.8 Å². The molecule has 10 rings (SSSR count).